The Morgan fingerprint density at radius 2 is 1.66 bits per heavy atom. The van der Waals surface area contributed by atoms with E-state index in [2.05, 4.69) is 36.6 Å². The number of morpholine rings is 1. The lowest BCUT2D eigenvalue weighted by molar-refractivity contribution is -0.120. The van der Waals surface area contributed by atoms with Gasteiger partial charge in [0, 0.05) is 31.8 Å². The Hall–Kier alpha value is -4.26. The molecule has 1 saturated heterocycles. The summed E-state index contributed by atoms with van der Waals surface area (Å²) in [4.78, 5) is 27.2. The second-order valence-electron chi connectivity index (χ2n) is 10.6. The van der Waals surface area contributed by atoms with Crippen molar-refractivity contribution in [3.05, 3.63) is 94.4 Å². The molecule has 1 aromatic heterocycles. The fourth-order valence-corrected chi connectivity index (χ4v) is 5.62. The highest BCUT2D eigenvalue weighted by Gasteiger charge is 2.13. The Morgan fingerprint density at radius 1 is 0.886 bits per heavy atom. The van der Waals surface area contributed by atoms with Crippen LogP contribution in [-0.2, 0) is 33.6 Å². The maximum absolute atomic E-state index is 12.6. The summed E-state index contributed by atoms with van der Waals surface area (Å²) in [7, 11) is 0. The van der Waals surface area contributed by atoms with Crippen molar-refractivity contribution < 1.29 is 19.1 Å². The summed E-state index contributed by atoms with van der Waals surface area (Å²) >= 11 is 1.41. The van der Waals surface area contributed by atoms with Crippen molar-refractivity contribution in [2.24, 2.45) is 0 Å². The van der Waals surface area contributed by atoms with Crippen molar-refractivity contribution in [1.82, 2.24) is 31.3 Å². The number of hydrogen-bond donors (Lipinski definition) is 4. The third kappa shape index (κ3) is 10.5. The smallest absolute Gasteiger partial charge is 0.230 e. The van der Waals surface area contributed by atoms with Crippen LogP contribution in [0, 0.1) is 0 Å². The van der Waals surface area contributed by atoms with Crippen molar-refractivity contribution in [3.63, 3.8) is 0 Å². The monoisotopic (exact) mass is 617 g/mol. The first-order valence-corrected chi connectivity index (χ1v) is 15.8. The summed E-state index contributed by atoms with van der Waals surface area (Å²) in [6.45, 7) is 4.86. The minimum atomic E-state index is -0.135. The molecule has 0 radical (unpaired) electrons. The lowest BCUT2D eigenvalue weighted by atomic mass is 10.1. The number of allylic oxidation sites excluding steroid dienone is 3. The number of unbranched alkanes of at least 4 members (excludes halogenated alkanes) is 1. The molecule has 2 amide bonds. The molecular weight excluding hydrogens is 578 g/mol. The zero-order chi connectivity index (χ0) is 30.4. The van der Waals surface area contributed by atoms with E-state index in [1.54, 1.807) is 0 Å². The number of anilines is 1. The molecule has 1 fully saturated rings. The average molecular weight is 618 g/mol. The van der Waals surface area contributed by atoms with Crippen molar-refractivity contribution in [2.45, 2.75) is 38.5 Å². The lowest BCUT2D eigenvalue weighted by Crippen LogP contribution is -2.41. The average Bonchev–Trinajstić information content (AvgIpc) is 3.48. The minimum Gasteiger partial charge on any atom is -0.492 e. The van der Waals surface area contributed by atoms with E-state index in [1.807, 2.05) is 66.7 Å². The van der Waals surface area contributed by atoms with Crippen molar-refractivity contribution in [3.8, 4) is 5.75 Å². The van der Waals surface area contributed by atoms with Crippen LogP contribution in [0.15, 0.2) is 78.3 Å². The summed E-state index contributed by atoms with van der Waals surface area (Å²) in [5, 5.41) is 15.5. The van der Waals surface area contributed by atoms with Gasteiger partial charge in [-0.3, -0.25) is 19.9 Å². The van der Waals surface area contributed by atoms with Crippen LogP contribution in [0.3, 0.4) is 0 Å². The molecule has 3 aromatic rings. The number of hydrogen-bond acceptors (Lipinski definition) is 10. The molecule has 11 nitrogen and oxygen atoms in total. The first-order valence-electron chi connectivity index (χ1n) is 15.0. The number of nitrogens with zero attached hydrogens (tertiary/aromatic N) is 3. The molecular formula is C32H39N7O4S. The fourth-order valence-electron chi connectivity index (χ4n) is 4.82. The molecule has 44 heavy (non-hydrogen) atoms. The zero-order valence-electron chi connectivity index (χ0n) is 24.7. The van der Waals surface area contributed by atoms with Gasteiger partial charge in [-0.25, -0.2) is 0 Å². The van der Waals surface area contributed by atoms with E-state index in [9.17, 15) is 9.59 Å². The third-order valence-electron chi connectivity index (χ3n) is 7.13. The number of carbonyl (C=O) groups excluding carboxylic acids is 2. The summed E-state index contributed by atoms with van der Waals surface area (Å²) in [5.41, 5.74) is 9.09. The van der Waals surface area contributed by atoms with Gasteiger partial charge in [0.05, 0.1) is 26.1 Å². The maximum Gasteiger partial charge on any atom is 0.230 e. The minimum absolute atomic E-state index is 0.0734. The van der Waals surface area contributed by atoms with Gasteiger partial charge in [0.1, 0.15) is 23.2 Å². The second-order valence-corrected chi connectivity index (χ2v) is 11.7. The molecule has 0 saturated carbocycles. The fraction of sp³-hybridized carbons (Fsp3) is 0.375. The lowest BCUT2D eigenvalue weighted by Gasteiger charge is -2.26. The number of nitrogens with one attached hydrogen (secondary N) is 4. The first kappa shape index (κ1) is 31.2. The van der Waals surface area contributed by atoms with Gasteiger partial charge in [-0.1, -0.05) is 53.8 Å². The topological polar surface area (TPSA) is 130 Å². The van der Waals surface area contributed by atoms with Gasteiger partial charge in [0.2, 0.25) is 16.9 Å². The van der Waals surface area contributed by atoms with Gasteiger partial charge in [-0.05, 0) is 54.7 Å². The summed E-state index contributed by atoms with van der Waals surface area (Å²) < 4.78 is 11.3. The van der Waals surface area contributed by atoms with Gasteiger partial charge < -0.3 is 25.5 Å². The summed E-state index contributed by atoms with van der Waals surface area (Å²) in [6, 6.07) is 17.3. The van der Waals surface area contributed by atoms with Gasteiger partial charge in [-0.15, -0.1) is 10.2 Å². The highest BCUT2D eigenvalue weighted by molar-refractivity contribution is 7.15. The molecule has 12 heteroatoms. The van der Waals surface area contributed by atoms with E-state index in [0.29, 0.717) is 24.0 Å². The van der Waals surface area contributed by atoms with Crippen molar-refractivity contribution >= 4 is 28.3 Å². The number of aryl methyl sites for hydroxylation is 1. The standard InChI is InChI=1S/C32H39N7O4S/c40-29(22-24-7-2-1-3-8-24)33-28-14-13-26(35-36-28)10-4-5-12-31-37-38-32(44-31)34-30(41)23-25-9-6-11-27(21-25)43-20-17-39-15-18-42-19-16-39/h1-3,6-9,11,13-14,21,35-36H,4-5,10,12,15-20,22-23H2,(H,33,40)(H,34,38,41). The molecule has 0 unspecified atom stereocenters. The van der Waals surface area contributed by atoms with E-state index in [1.165, 1.54) is 11.3 Å². The largest absolute Gasteiger partial charge is 0.492 e. The summed E-state index contributed by atoms with van der Waals surface area (Å²) in [6.07, 6.45) is 7.93. The van der Waals surface area contributed by atoms with E-state index in [0.717, 1.165) is 86.1 Å². The predicted octanol–water partition coefficient (Wildman–Crippen LogP) is 3.34. The highest BCUT2D eigenvalue weighted by atomic mass is 32.1. The Kier molecular flexibility index (Phi) is 11.7. The number of aromatic nitrogens is 2. The van der Waals surface area contributed by atoms with E-state index in [-0.39, 0.29) is 18.2 Å². The summed E-state index contributed by atoms with van der Waals surface area (Å²) in [5.74, 6) is 1.18. The molecule has 0 aliphatic carbocycles. The van der Waals surface area contributed by atoms with Crippen LogP contribution in [-0.4, -0.2) is 66.4 Å². The van der Waals surface area contributed by atoms with Gasteiger partial charge >= 0.3 is 0 Å². The van der Waals surface area contributed by atoms with Gasteiger partial charge in [-0.2, -0.15) is 0 Å². The van der Waals surface area contributed by atoms with Crippen molar-refractivity contribution in [1.29, 1.82) is 0 Å². The zero-order valence-corrected chi connectivity index (χ0v) is 25.5. The van der Waals surface area contributed by atoms with Crippen LogP contribution < -0.4 is 26.2 Å². The molecule has 0 bridgehead atoms. The molecule has 0 atom stereocenters. The van der Waals surface area contributed by atoms with Crippen LogP contribution in [0.4, 0.5) is 5.13 Å². The SMILES string of the molecule is O=C(Cc1ccccc1)NC1=CC=C(CCCCc2nnc(NC(=O)Cc3cccc(OCCN4CCOCC4)c3)s2)NN1. The Bertz CT molecular complexity index is 1440. The number of carbonyl (C=O) groups is 2. The van der Waals surface area contributed by atoms with Gasteiger partial charge in [0.15, 0.2) is 0 Å². The number of amides is 2. The van der Waals surface area contributed by atoms with Crippen LogP contribution in [0.2, 0.25) is 0 Å². The number of benzene rings is 2. The normalized spacial score (nSPS) is 14.9. The van der Waals surface area contributed by atoms with E-state index < -0.39 is 0 Å². The predicted molar refractivity (Wildman–Crippen MR) is 170 cm³/mol. The number of ether oxygens (including phenoxy) is 2. The van der Waals surface area contributed by atoms with Crippen LogP contribution in [0.1, 0.15) is 35.4 Å². The molecule has 4 N–H and O–H groups in total. The first-order chi connectivity index (χ1) is 21.6. The van der Waals surface area contributed by atoms with Crippen LogP contribution >= 0.6 is 11.3 Å². The quantitative estimate of drug-likeness (QED) is 0.190. The molecule has 5 rings (SSSR count). The maximum atomic E-state index is 12.6. The Morgan fingerprint density at radius 3 is 2.48 bits per heavy atom. The van der Waals surface area contributed by atoms with E-state index >= 15 is 0 Å². The van der Waals surface area contributed by atoms with E-state index in [4.69, 9.17) is 9.47 Å². The van der Waals surface area contributed by atoms with Crippen LogP contribution in [0.25, 0.3) is 0 Å². The molecule has 0 spiro atoms. The highest BCUT2D eigenvalue weighted by Crippen LogP contribution is 2.20. The molecule has 2 aromatic carbocycles. The number of rotatable bonds is 15. The Balaban J connectivity index is 0.969. The molecule has 2 aliphatic rings. The van der Waals surface area contributed by atoms with Crippen molar-refractivity contribution in [2.75, 3.05) is 44.8 Å². The van der Waals surface area contributed by atoms with Crippen LogP contribution in [0.5, 0.6) is 5.75 Å². The second kappa shape index (κ2) is 16.6. The Labute approximate surface area is 261 Å². The third-order valence-corrected chi connectivity index (χ3v) is 8.03. The molecule has 232 valence electrons. The number of hydrazine groups is 1. The molecule has 3 heterocycles. The van der Waals surface area contributed by atoms with Gasteiger partial charge in [0.25, 0.3) is 0 Å². The molecule has 2 aliphatic heterocycles.